The molecule has 1 aromatic rings. The van der Waals surface area contributed by atoms with Crippen molar-refractivity contribution < 1.29 is 24.5 Å². The third-order valence-electron chi connectivity index (χ3n) is 3.20. The van der Waals surface area contributed by atoms with Crippen LogP contribution in [0.1, 0.15) is 21.5 Å². The predicted octanol–water partition coefficient (Wildman–Crippen LogP) is 1.07. The summed E-state index contributed by atoms with van der Waals surface area (Å²) >= 11 is 1.24. The Labute approximate surface area is 126 Å². The Morgan fingerprint density at radius 2 is 2.29 bits per heavy atom. The largest absolute Gasteiger partial charge is 0.478 e. The van der Waals surface area contributed by atoms with Gasteiger partial charge in [0.2, 0.25) is 0 Å². The van der Waals surface area contributed by atoms with Crippen molar-refractivity contribution in [3.05, 3.63) is 28.0 Å². The van der Waals surface area contributed by atoms with Gasteiger partial charge >= 0.3 is 5.97 Å². The number of carboxylic acids is 1. The Hall–Kier alpha value is -1.70. The van der Waals surface area contributed by atoms with E-state index in [1.807, 2.05) is 6.92 Å². The summed E-state index contributed by atoms with van der Waals surface area (Å²) < 4.78 is 5.41. The number of carboxylic acid groups (broad SMARTS) is 1. The summed E-state index contributed by atoms with van der Waals surface area (Å²) in [6.45, 7) is 2.53. The van der Waals surface area contributed by atoms with E-state index in [2.05, 4.69) is 0 Å². The van der Waals surface area contributed by atoms with Crippen LogP contribution in [0.5, 0.6) is 0 Å². The van der Waals surface area contributed by atoms with E-state index in [1.54, 1.807) is 17.0 Å². The van der Waals surface area contributed by atoms with Crippen molar-refractivity contribution in [3.8, 4) is 0 Å². The molecule has 1 fully saturated rings. The highest BCUT2D eigenvalue weighted by molar-refractivity contribution is 7.14. The third-order valence-corrected chi connectivity index (χ3v) is 4.24. The fourth-order valence-corrected chi connectivity index (χ4v) is 2.93. The van der Waals surface area contributed by atoms with Crippen LogP contribution in [-0.4, -0.2) is 58.9 Å². The van der Waals surface area contributed by atoms with Gasteiger partial charge in [-0.1, -0.05) is 0 Å². The summed E-state index contributed by atoms with van der Waals surface area (Å²) in [4.78, 5) is 25.9. The lowest BCUT2D eigenvalue weighted by Crippen LogP contribution is -2.51. The van der Waals surface area contributed by atoms with Gasteiger partial charge in [0.1, 0.15) is 0 Å². The molecule has 0 aliphatic carbocycles. The Bertz CT molecular complexity index is 553. The molecule has 1 saturated heterocycles. The van der Waals surface area contributed by atoms with Gasteiger partial charge in [0.05, 0.1) is 30.2 Å². The first-order valence-electron chi connectivity index (χ1n) is 6.55. The molecule has 7 heteroatoms. The van der Waals surface area contributed by atoms with Crippen LogP contribution in [0.25, 0.3) is 6.08 Å². The summed E-state index contributed by atoms with van der Waals surface area (Å²) in [6, 6.07) is 3.34. The molecule has 6 nitrogen and oxygen atoms in total. The van der Waals surface area contributed by atoms with Crippen LogP contribution in [0.15, 0.2) is 18.2 Å². The number of aliphatic hydroxyl groups excluding tert-OH is 1. The molecule has 1 amide bonds. The van der Waals surface area contributed by atoms with Crippen molar-refractivity contribution in [1.29, 1.82) is 0 Å². The minimum atomic E-state index is -1.02. The number of hydrogen-bond acceptors (Lipinski definition) is 5. The monoisotopic (exact) mass is 311 g/mol. The molecule has 2 unspecified atom stereocenters. The summed E-state index contributed by atoms with van der Waals surface area (Å²) in [7, 11) is 0. The second kappa shape index (κ2) is 6.84. The molecule has 114 valence electrons. The average Bonchev–Trinajstić information content (AvgIpc) is 2.94. The van der Waals surface area contributed by atoms with Gasteiger partial charge in [-0.2, -0.15) is 0 Å². The molecule has 1 aromatic heterocycles. The smallest absolute Gasteiger partial charge is 0.328 e. The SMILES string of the molecule is CC1COC(CO)CN1C(=O)c1ccc(/C=C/C(=O)O)s1. The summed E-state index contributed by atoms with van der Waals surface area (Å²) in [5.41, 5.74) is 0. The van der Waals surface area contributed by atoms with Crippen molar-refractivity contribution in [1.82, 2.24) is 4.90 Å². The number of hydrogen-bond donors (Lipinski definition) is 2. The molecular weight excluding hydrogens is 294 g/mol. The highest BCUT2D eigenvalue weighted by Gasteiger charge is 2.30. The third kappa shape index (κ3) is 3.90. The van der Waals surface area contributed by atoms with Crippen LogP contribution in [0.2, 0.25) is 0 Å². The quantitative estimate of drug-likeness (QED) is 0.812. The van der Waals surface area contributed by atoms with E-state index in [0.29, 0.717) is 22.9 Å². The van der Waals surface area contributed by atoms with Crippen molar-refractivity contribution in [3.63, 3.8) is 0 Å². The van der Waals surface area contributed by atoms with Gasteiger partial charge in [0, 0.05) is 17.5 Å². The maximum Gasteiger partial charge on any atom is 0.328 e. The van der Waals surface area contributed by atoms with Crippen LogP contribution >= 0.6 is 11.3 Å². The van der Waals surface area contributed by atoms with Crippen LogP contribution < -0.4 is 0 Å². The van der Waals surface area contributed by atoms with Crippen molar-refractivity contribution in [2.75, 3.05) is 19.8 Å². The van der Waals surface area contributed by atoms with Crippen LogP contribution in [0.4, 0.5) is 0 Å². The predicted molar refractivity (Wildman–Crippen MR) is 78.3 cm³/mol. The van der Waals surface area contributed by atoms with Crippen molar-refractivity contribution in [2.24, 2.45) is 0 Å². The Morgan fingerprint density at radius 1 is 1.52 bits per heavy atom. The molecular formula is C14H17NO5S. The Kier molecular flexibility index (Phi) is 5.11. The summed E-state index contributed by atoms with van der Waals surface area (Å²) in [5.74, 6) is -1.15. The van der Waals surface area contributed by atoms with Gasteiger partial charge in [-0.25, -0.2) is 4.79 Å². The van der Waals surface area contributed by atoms with E-state index in [-0.39, 0.29) is 24.7 Å². The lowest BCUT2D eigenvalue weighted by Gasteiger charge is -2.37. The lowest BCUT2D eigenvalue weighted by atomic mass is 10.2. The van der Waals surface area contributed by atoms with Crippen LogP contribution in [0.3, 0.4) is 0 Å². The number of carbonyl (C=O) groups is 2. The van der Waals surface area contributed by atoms with Gasteiger partial charge < -0.3 is 19.8 Å². The number of ether oxygens (including phenoxy) is 1. The molecule has 1 aliphatic heterocycles. The van der Waals surface area contributed by atoms with Gasteiger partial charge in [-0.05, 0) is 25.1 Å². The number of amides is 1. The normalized spacial score (nSPS) is 22.7. The zero-order valence-corrected chi connectivity index (χ0v) is 12.4. The van der Waals surface area contributed by atoms with Crippen molar-refractivity contribution in [2.45, 2.75) is 19.1 Å². The molecule has 0 saturated carbocycles. The average molecular weight is 311 g/mol. The van der Waals surface area contributed by atoms with Gasteiger partial charge in [-0.3, -0.25) is 4.79 Å². The van der Waals surface area contributed by atoms with E-state index >= 15 is 0 Å². The molecule has 0 bridgehead atoms. The zero-order valence-electron chi connectivity index (χ0n) is 11.6. The Morgan fingerprint density at radius 3 is 2.95 bits per heavy atom. The molecule has 1 aliphatic rings. The maximum atomic E-state index is 12.5. The number of rotatable bonds is 4. The Balaban J connectivity index is 2.10. The van der Waals surface area contributed by atoms with Crippen LogP contribution in [-0.2, 0) is 9.53 Å². The minimum Gasteiger partial charge on any atom is -0.478 e. The number of carbonyl (C=O) groups excluding carboxylic acids is 1. The standard InChI is InChI=1S/C14H17NO5S/c1-9-8-20-10(7-16)6-15(9)14(19)12-4-2-11(21-12)3-5-13(17)18/h2-5,9-10,16H,6-8H2,1H3,(H,17,18)/b5-3+. The first-order chi connectivity index (χ1) is 10.0. The van der Waals surface area contributed by atoms with Crippen LogP contribution in [0, 0.1) is 0 Å². The molecule has 2 atom stereocenters. The molecule has 2 N–H and O–H groups in total. The number of morpholine rings is 1. The molecule has 0 aromatic carbocycles. The van der Waals surface area contributed by atoms with Gasteiger partial charge in [0.15, 0.2) is 0 Å². The lowest BCUT2D eigenvalue weighted by molar-refractivity contribution is -0.131. The first kappa shape index (κ1) is 15.7. The molecule has 0 spiro atoms. The number of nitrogens with zero attached hydrogens (tertiary/aromatic N) is 1. The second-order valence-electron chi connectivity index (χ2n) is 4.82. The molecule has 2 rings (SSSR count). The van der Waals surface area contributed by atoms with E-state index < -0.39 is 5.97 Å². The number of aliphatic hydroxyl groups is 1. The van der Waals surface area contributed by atoms with Crippen molar-refractivity contribution >= 4 is 29.3 Å². The number of aliphatic carboxylic acids is 1. The topological polar surface area (TPSA) is 87.1 Å². The summed E-state index contributed by atoms with van der Waals surface area (Å²) in [5, 5.41) is 17.7. The van der Waals surface area contributed by atoms with E-state index in [0.717, 1.165) is 6.08 Å². The van der Waals surface area contributed by atoms with E-state index in [9.17, 15) is 9.59 Å². The molecule has 21 heavy (non-hydrogen) atoms. The number of thiophene rings is 1. The fourth-order valence-electron chi connectivity index (χ4n) is 2.06. The van der Waals surface area contributed by atoms with Gasteiger partial charge in [0.25, 0.3) is 5.91 Å². The molecule has 0 radical (unpaired) electrons. The highest BCUT2D eigenvalue weighted by atomic mass is 32.1. The zero-order chi connectivity index (χ0) is 15.4. The first-order valence-corrected chi connectivity index (χ1v) is 7.37. The highest BCUT2D eigenvalue weighted by Crippen LogP contribution is 2.22. The van der Waals surface area contributed by atoms with Gasteiger partial charge in [-0.15, -0.1) is 11.3 Å². The molecule has 2 heterocycles. The minimum absolute atomic E-state index is 0.0552. The summed E-state index contributed by atoms with van der Waals surface area (Å²) in [6.07, 6.45) is 2.15. The fraction of sp³-hybridized carbons (Fsp3) is 0.429. The second-order valence-corrected chi connectivity index (χ2v) is 5.93. The maximum absolute atomic E-state index is 12.5. The van der Waals surface area contributed by atoms with E-state index in [4.69, 9.17) is 14.9 Å². The van der Waals surface area contributed by atoms with E-state index in [1.165, 1.54) is 17.4 Å².